The van der Waals surface area contributed by atoms with Gasteiger partial charge in [-0.2, -0.15) is 0 Å². The second kappa shape index (κ2) is 8.30. The molecule has 0 atom stereocenters. The lowest BCUT2D eigenvalue weighted by Crippen LogP contribution is -2.25. The number of ketones is 2. The van der Waals surface area contributed by atoms with Crippen molar-refractivity contribution in [2.45, 2.75) is 19.8 Å². The molecule has 0 saturated carbocycles. The van der Waals surface area contributed by atoms with E-state index in [2.05, 4.69) is 5.32 Å². The Labute approximate surface area is 182 Å². The largest absolute Gasteiger partial charge is 0.507 e. The number of anilines is 2. The molecule has 0 radical (unpaired) electrons. The van der Waals surface area contributed by atoms with Gasteiger partial charge in [-0.25, -0.2) is 8.78 Å². The number of aromatic hydroxyl groups is 2. The van der Waals surface area contributed by atoms with Gasteiger partial charge < -0.3 is 20.3 Å². The number of unbranched alkanes of at least 4 members (excludes halogenated alkanes) is 1. The highest BCUT2D eigenvalue weighted by atomic mass is 19.1. The highest BCUT2D eigenvalue weighted by Crippen LogP contribution is 2.45. The summed E-state index contributed by atoms with van der Waals surface area (Å²) in [6.07, 6.45) is 1.28. The predicted molar refractivity (Wildman–Crippen MR) is 113 cm³/mol. The van der Waals surface area contributed by atoms with E-state index in [1.807, 2.05) is 6.92 Å². The van der Waals surface area contributed by atoms with Crippen molar-refractivity contribution in [2.24, 2.45) is 0 Å². The van der Waals surface area contributed by atoms with Crippen LogP contribution < -0.4 is 10.1 Å². The second-order valence-corrected chi connectivity index (χ2v) is 7.29. The maximum atomic E-state index is 15.7. The fourth-order valence-electron chi connectivity index (χ4n) is 3.62. The van der Waals surface area contributed by atoms with Crippen LogP contribution in [0, 0.1) is 11.6 Å². The number of ether oxygens (including phenoxy) is 1. The Morgan fingerprint density at radius 2 is 1.41 bits per heavy atom. The van der Waals surface area contributed by atoms with E-state index in [0.29, 0.717) is 12.1 Å². The Hall–Kier alpha value is -3.94. The summed E-state index contributed by atoms with van der Waals surface area (Å²) >= 11 is 0. The highest BCUT2D eigenvalue weighted by Gasteiger charge is 2.41. The first kappa shape index (κ1) is 21.3. The summed E-state index contributed by atoms with van der Waals surface area (Å²) in [5.41, 5.74) is -2.86. The summed E-state index contributed by atoms with van der Waals surface area (Å²) in [5.74, 6) is -6.43. The molecule has 3 N–H and O–H groups in total. The number of phenolic OH excluding ortho intramolecular Hbond substituents is 2. The van der Waals surface area contributed by atoms with Crippen molar-refractivity contribution in [1.29, 1.82) is 0 Å². The van der Waals surface area contributed by atoms with Gasteiger partial charge in [-0.05, 0) is 30.7 Å². The van der Waals surface area contributed by atoms with Gasteiger partial charge in [0.05, 0.1) is 28.9 Å². The third kappa shape index (κ3) is 3.33. The molecule has 6 nitrogen and oxygen atoms in total. The lowest BCUT2D eigenvalue weighted by atomic mass is 9.82. The maximum Gasteiger partial charge on any atom is 0.201 e. The molecule has 3 aromatic rings. The molecule has 0 fully saturated rings. The van der Waals surface area contributed by atoms with Crippen molar-refractivity contribution in [3.05, 3.63) is 76.4 Å². The van der Waals surface area contributed by atoms with Crippen molar-refractivity contribution >= 4 is 22.9 Å². The van der Waals surface area contributed by atoms with Crippen molar-refractivity contribution in [2.75, 3.05) is 11.9 Å². The molecule has 3 aromatic carbocycles. The number of carbonyl (C=O) groups is 2. The van der Waals surface area contributed by atoms with Gasteiger partial charge in [0, 0.05) is 5.69 Å². The van der Waals surface area contributed by atoms with Gasteiger partial charge >= 0.3 is 0 Å². The molecular formula is C24H19F2NO5. The molecule has 164 valence electrons. The summed E-state index contributed by atoms with van der Waals surface area (Å²) in [5, 5.41) is 22.9. The molecule has 1 aliphatic rings. The summed E-state index contributed by atoms with van der Waals surface area (Å²) < 4.78 is 36.8. The van der Waals surface area contributed by atoms with E-state index in [0.717, 1.165) is 18.6 Å². The van der Waals surface area contributed by atoms with Crippen LogP contribution in [0.5, 0.6) is 17.2 Å². The molecule has 0 unspecified atom stereocenters. The number of rotatable bonds is 6. The van der Waals surface area contributed by atoms with E-state index in [9.17, 15) is 19.8 Å². The maximum absolute atomic E-state index is 15.7. The fraction of sp³-hybridized carbons (Fsp3) is 0.167. The number of nitrogens with one attached hydrogen (secondary N) is 1. The molecule has 0 spiro atoms. The van der Waals surface area contributed by atoms with Crippen LogP contribution in [0.25, 0.3) is 0 Å². The molecule has 8 heteroatoms. The van der Waals surface area contributed by atoms with Gasteiger partial charge in [0.1, 0.15) is 17.2 Å². The molecule has 0 aromatic heterocycles. The van der Waals surface area contributed by atoms with Gasteiger partial charge in [0.15, 0.2) is 17.4 Å². The Balaban J connectivity index is 1.97. The summed E-state index contributed by atoms with van der Waals surface area (Å²) in [4.78, 5) is 26.1. The van der Waals surface area contributed by atoms with E-state index in [-0.39, 0.29) is 6.61 Å². The Morgan fingerprint density at radius 3 is 1.97 bits per heavy atom. The number of fused-ring (bicyclic) bond motifs is 2. The summed E-state index contributed by atoms with van der Waals surface area (Å²) in [6.45, 7) is 1.95. The number of hydrogen-bond donors (Lipinski definition) is 3. The lowest BCUT2D eigenvalue weighted by Gasteiger charge is -2.24. The third-order valence-corrected chi connectivity index (χ3v) is 5.19. The van der Waals surface area contributed by atoms with Crippen LogP contribution >= 0.6 is 0 Å². The van der Waals surface area contributed by atoms with Crippen molar-refractivity contribution < 1.29 is 33.3 Å². The molecular weight excluding hydrogens is 420 g/mol. The summed E-state index contributed by atoms with van der Waals surface area (Å²) in [7, 11) is 0. The SMILES string of the molecule is CCCCOc1c(F)c2c(c(F)c1Nc1ccccc1)C(=O)c1c(O)ccc(O)c1C2=O. The predicted octanol–water partition coefficient (Wildman–Crippen LogP) is 5.07. The van der Waals surface area contributed by atoms with Crippen molar-refractivity contribution in [1.82, 2.24) is 0 Å². The van der Waals surface area contributed by atoms with Gasteiger partial charge in [-0.3, -0.25) is 9.59 Å². The van der Waals surface area contributed by atoms with Crippen LogP contribution in [0.1, 0.15) is 51.6 Å². The monoisotopic (exact) mass is 439 g/mol. The van der Waals surface area contributed by atoms with Gasteiger partial charge in [0.25, 0.3) is 0 Å². The zero-order chi connectivity index (χ0) is 23.0. The number of phenols is 2. The topological polar surface area (TPSA) is 95.9 Å². The average molecular weight is 439 g/mol. The van der Waals surface area contributed by atoms with Crippen LogP contribution in [0.15, 0.2) is 42.5 Å². The van der Waals surface area contributed by atoms with E-state index < -0.39 is 68.4 Å². The first-order chi connectivity index (χ1) is 15.4. The molecule has 4 rings (SSSR count). The Bertz CT molecular complexity index is 1240. The van der Waals surface area contributed by atoms with Gasteiger partial charge in [-0.1, -0.05) is 31.5 Å². The smallest absolute Gasteiger partial charge is 0.201 e. The zero-order valence-corrected chi connectivity index (χ0v) is 17.0. The van der Waals surface area contributed by atoms with Crippen LogP contribution in [-0.4, -0.2) is 28.4 Å². The molecule has 0 amide bonds. The second-order valence-electron chi connectivity index (χ2n) is 7.29. The standard InChI is InChI=1S/C24H19F2NO5/c1-2-3-11-32-24-20(26)18-17(19(25)21(24)27-12-7-5-4-6-8-12)22(30)15-13(28)9-10-14(29)16(15)23(18)31/h4-10,27-29H,2-3,11H2,1H3. The average Bonchev–Trinajstić information content (AvgIpc) is 2.78. The normalized spacial score (nSPS) is 12.3. The lowest BCUT2D eigenvalue weighted by molar-refractivity contribution is 0.0966. The summed E-state index contributed by atoms with van der Waals surface area (Å²) in [6, 6.07) is 10.3. The van der Waals surface area contributed by atoms with Gasteiger partial charge in [0.2, 0.25) is 11.6 Å². The minimum atomic E-state index is -1.22. The minimum absolute atomic E-state index is 0.0554. The molecule has 0 aliphatic heterocycles. The number of hydrogen-bond acceptors (Lipinski definition) is 6. The molecule has 0 saturated heterocycles. The van der Waals surface area contributed by atoms with Crippen LogP contribution in [0.4, 0.5) is 20.2 Å². The first-order valence-corrected chi connectivity index (χ1v) is 10.0. The molecule has 32 heavy (non-hydrogen) atoms. The van der Waals surface area contributed by atoms with E-state index in [4.69, 9.17) is 4.74 Å². The third-order valence-electron chi connectivity index (χ3n) is 5.19. The van der Waals surface area contributed by atoms with Crippen LogP contribution in [0.3, 0.4) is 0 Å². The molecule has 0 heterocycles. The number of benzene rings is 3. The highest BCUT2D eigenvalue weighted by molar-refractivity contribution is 6.31. The molecule has 1 aliphatic carbocycles. The van der Waals surface area contributed by atoms with Crippen molar-refractivity contribution in [3.8, 4) is 17.2 Å². The Morgan fingerprint density at radius 1 is 0.844 bits per heavy atom. The number of halogens is 2. The fourth-order valence-corrected chi connectivity index (χ4v) is 3.62. The van der Waals surface area contributed by atoms with E-state index >= 15 is 8.78 Å². The van der Waals surface area contributed by atoms with E-state index in [1.54, 1.807) is 30.3 Å². The quantitative estimate of drug-likeness (QED) is 0.287. The van der Waals surface area contributed by atoms with Crippen molar-refractivity contribution in [3.63, 3.8) is 0 Å². The Kier molecular flexibility index (Phi) is 5.52. The molecule has 0 bridgehead atoms. The zero-order valence-electron chi connectivity index (χ0n) is 17.0. The van der Waals surface area contributed by atoms with Crippen LogP contribution in [-0.2, 0) is 0 Å². The van der Waals surface area contributed by atoms with Gasteiger partial charge in [-0.15, -0.1) is 0 Å². The number of para-hydroxylation sites is 1. The van der Waals surface area contributed by atoms with Crippen LogP contribution in [0.2, 0.25) is 0 Å². The minimum Gasteiger partial charge on any atom is -0.507 e. The van der Waals surface area contributed by atoms with E-state index in [1.165, 1.54) is 0 Å². The number of carbonyl (C=O) groups excluding carboxylic acids is 2. The first-order valence-electron chi connectivity index (χ1n) is 10.0.